The lowest BCUT2D eigenvalue weighted by molar-refractivity contribution is -0.128. The van der Waals surface area contributed by atoms with E-state index in [-0.39, 0.29) is 12.5 Å². The first-order chi connectivity index (χ1) is 8.41. The van der Waals surface area contributed by atoms with Crippen LogP contribution in [0.4, 0.5) is 0 Å². The number of nitrogens with one attached hydrogen (secondary N) is 1. The van der Waals surface area contributed by atoms with Gasteiger partial charge in [0.15, 0.2) is 6.61 Å². The second-order valence-corrected chi connectivity index (χ2v) is 4.20. The minimum absolute atomic E-state index is 0.136. The maximum atomic E-state index is 11.5. The van der Waals surface area contributed by atoms with Gasteiger partial charge in [-0.2, -0.15) is 0 Å². The molecule has 0 fully saturated rings. The monoisotopic (exact) mass is 250 g/mol. The van der Waals surface area contributed by atoms with E-state index in [4.69, 9.17) is 10.5 Å². The largest absolute Gasteiger partial charge is 0.483 e. The summed E-state index contributed by atoms with van der Waals surface area (Å²) in [5.74, 6) is -0.251. The number of hydrogen-bond acceptors (Lipinski definition) is 3. The zero-order valence-corrected chi connectivity index (χ0v) is 10.8. The molecule has 0 unspecified atom stereocenters. The van der Waals surface area contributed by atoms with Crippen LogP contribution < -0.4 is 15.8 Å². The van der Waals surface area contributed by atoms with E-state index < -0.39 is 11.9 Å². The third-order valence-corrected chi connectivity index (χ3v) is 2.56. The molecule has 1 aromatic rings. The molecule has 5 heteroatoms. The van der Waals surface area contributed by atoms with Gasteiger partial charge in [0.05, 0.1) is 0 Å². The fourth-order valence-electron chi connectivity index (χ4n) is 1.52. The van der Waals surface area contributed by atoms with Gasteiger partial charge in [0.25, 0.3) is 5.91 Å². The SMILES string of the molecule is Cc1cccc(C)c1OCC(=O)N[C@H](C)C(N)=O. The van der Waals surface area contributed by atoms with E-state index in [1.54, 1.807) is 0 Å². The molecule has 3 N–H and O–H groups in total. The first-order valence-corrected chi connectivity index (χ1v) is 5.69. The van der Waals surface area contributed by atoms with Gasteiger partial charge in [0, 0.05) is 0 Å². The summed E-state index contributed by atoms with van der Waals surface area (Å²) in [6, 6.07) is 5.05. The highest BCUT2D eigenvalue weighted by Gasteiger charge is 2.13. The van der Waals surface area contributed by atoms with Crippen molar-refractivity contribution in [2.24, 2.45) is 5.73 Å². The Morgan fingerprint density at radius 1 is 1.33 bits per heavy atom. The first-order valence-electron chi connectivity index (χ1n) is 5.69. The minimum Gasteiger partial charge on any atom is -0.483 e. The van der Waals surface area contributed by atoms with Crippen LogP contribution in [0.3, 0.4) is 0 Å². The Morgan fingerprint density at radius 2 is 1.89 bits per heavy atom. The van der Waals surface area contributed by atoms with E-state index >= 15 is 0 Å². The fraction of sp³-hybridized carbons (Fsp3) is 0.385. The maximum Gasteiger partial charge on any atom is 0.258 e. The van der Waals surface area contributed by atoms with Crippen molar-refractivity contribution in [1.29, 1.82) is 0 Å². The summed E-state index contributed by atoms with van der Waals surface area (Å²) in [5.41, 5.74) is 6.97. The van der Waals surface area contributed by atoms with E-state index in [2.05, 4.69) is 5.32 Å². The molecule has 0 aliphatic carbocycles. The van der Waals surface area contributed by atoms with Crippen molar-refractivity contribution in [3.63, 3.8) is 0 Å². The Morgan fingerprint density at radius 3 is 2.39 bits per heavy atom. The number of carbonyl (C=O) groups excluding carboxylic acids is 2. The maximum absolute atomic E-state index is 11.5. The lowest BCUT2D eigenvalue weighted by Crippen LogP contribution is -2.44. The first kappa shape index (κ1) is 14.0. The van der Waals surface area contributed by atoms with Gasteiger partial charge < -0.3 is 15.8 Å². The van der Waals surface area contributed by atoms with Crippen molar-refractivity contribution in [2.45, 2.75) is 26.8 Å². The van der Waals surface area contributed by atoms with Crippen molar-refractivity contribution in [3.8, 4) is 5.75 Å². The van der Waals surface area contributed by atoms with Crippen LogP contribution in [0.2, 0.25) is 0 Å². The highest BCUT2D eigenvalue weighted by Crippen LogP contribution is 2.21. The summed E-state index contributed by atoms with van der Waals surface area (Å²) >= 11 is 0. The Hall–Kier alpha value is -2.04. The number of amides is 2. The Balaban J connectivity index is 2.55. The topological polar surface area (TPSA) is 81.4 Å². The lowest BCUT2D eigenvalue weighted by Gasteiger charge is -2.13. The summed E-state index contributed by atoms with van der Waals surface area (Å²) in [6.07, 6.45) is 0. The summed E-state index contributed by atoms with van der Waals surface area (Å²) < 4.78 is 5.45. The zero-order valence-electron chi connectivity index (χ0n) is 10.8. The highest BCUT2D eigenvalue weighted by atomic mass is 16.5. The smallest absolute Gasteiger partial charge is 0.258 e. The molecule has 0 saturated carbocycles. The Bertz CT molecular complexity index is 437. The summed E-state index contributed by atoms with van der Waals surface area (Å²) in [4.78, 5) is 22.3. The van der Waals surface area contributed by atoms with E-state index in [1.807, 2.05) is 32.0 Å². The molecule has 0 aliphatic heterocycles. The molecule has 1 aromatic carbocycles. The van der Waals surface area contributed by atoms with Crippen LogP contribution in [0, 0.1) is 13.8 Å². The summed E-state index contributed by atoms with van der Waals surface area (Å²) in [7, 11) is 0. The predicted octanol–water partition coefficient (Wildman–Crippen LogP) is 0.672. The molecule has 1 rings (SSSR count). The van der Waals surface area contributed by atoms with Crippen LogP contribution in [0.25, 0.3) is 0 Å². The van der Waals surface area contributed by atoms with E-state index in [1.165, 1.54) is 6.92 Å². The number of ether oxygens (including phenoxy) is 1. The third kappa shape index (κ3) is 3.76. The lowest BCUT2D eigenvalue weighted by atomic mass is 10.1. The summed E-state index contributed by atoms with van der Waals surface area (Å²) in [5, 5.41) is 2.45. The summed E-state index contributed by atoms with van der Waals surface area (Å²) in [6.45, 7) is 5.21. The fourth-order valence-corrected chi connectivity index (χ4v) is 1.52. The molecule has 0 radical (unpaired) electrons. The van der Waals surface area contributed by atoms with Gasteiger partial charge >= 0.3 is 0 Å². The molecule has 98 valence electrons. The number of aryl methyl sites for hydroxylation is 2. The van der Waals surface area contributed by atoms with Crippen molar-refractivity contribution in [1.82, 2.24) is 5.32 Å². The van der Waals surface area contributed by atoms with Crippen molar-refractivity contribution in [3.05, 3.63) is 29.3 Å². The molecule has 0 saturated heterocycles. The quantitative estimate of drug-likeness (QED) is 0.806. The molecular weight excluding hydrogens is 232 g/mol. The molecule has 0 spiro atoms. The number of para-hydroxylation sites is 1. The van der Waals surface area contributed by atoms with E-state index in [0.29, 0.717) is 5.75 Å². The van der Waals surface area contributed by atoms with Crippen LogP contribution >= 0.6 is 0 Å². The second-order valence-electron chi connectivity index (χ2n) is 4.20. The number of primary amides is 1. The number of carbonyl (C=O) groups is 2. The molecule has 5 nitrogen and oxygen atoms in total. The molecule has 0 aromatic heterocycles. The average molecular weight is 250 g/mol. The van der Waals surface area contributed by atoms with Crippen molar-refractivity contribution in [2.75, 3.05) is 6.61 Å². The highest BCUT2D eigenvalue weighted by molar-refractivity contribution is 5.86. The van der Waals surface area contributed by atoms with Gasteiger partial charge in [-0.1, -0.05) is 18.2 Å². The van der Waals surface area contributed by atoms with Gasteiger partial charge in [-0.15, -0.1) is 0 Å². The van der Waals surface area contributed by atoms with Gasteiger partial charge in [-0.05, 0) is 31.9 Å². The van der Waals surface area contributed by atoms with Crippen LogP contribution in [0.5, 0.6) is 5.75 Å². The zero-order chi connectivity index (χ0) is 13.7. The van der Waals surface area contributed by atoms with Gasteiger partial charge in [0.2, 0.25) is 5.91 Å². The van der Waals surface area contributed by atoms with Gasteiger partial charge in [-0.3, -0.25) is 9.59 Å². The number of nitrogens with two attached hydrogens (primary N) is 1. The number of benzene rings is 1. The Kier molecular flexibility index (Phi) is 4.71. The standard InChI is InChI=1S/C13H18N2O3/c1-8-5-4-6-9(2)12(8)18-7-11(16)15-10(3)13(14)17/h4-6,10H,7H2,1-3H3,(H2,14,17)(H,15,16)/t10-/m1/s1. The van der Waals surface area contributed by atoms with E-state index in [0.717, 1.165) is 11.1 Å². The number of rotatable bonds is 5. The van der Waals surface area contributed by atoms with Gasteiger partial charge in [-0.25, -0.2) is 0 Å². The van der Waals surface area contributed by atoms with Crippen molar-refractivity contribution < 1.29 is 14.3 Å². The minimum atomic E-state index is -0.695. The van der Waals surface area contributed by atoms with E-state index in [9.17, 15) is 9.59 Å². The second kappa shape index (κ2) is 6.05. The molecule has 0 aliphatic rings. The van der Waals surface area contributed by atoms with Crippen LogP contribution in [-0.2, 0) is 9.59 Å². The molecule has 2 amide bonds. The molecule has 1 atom stereocenters. The molecule has 0 heterocycles. The van der Waals surface area contributed by atoms with Crippen molar-refractivity contribution >= 4 is 11.8 Å². The van der Waals surface area contributed by atoms with Crippen LogP contribution in [-0.4, -0.2) is 24.5 Å². The normalized spacial score (nSPS) is 11.7. The third-order valence-electron chi connectivity index (χ3n) is 2.56. The molecule has 0 bridgehead atoms. The molecular formula is C13H18N2O3. The predicted molar refractivity (Wildman–Crippen MR) is 68.2 cm³/mol. The average Bonchev–Trinajstić information content (AvgIpc) is 2.28. The van der Waals surface area contributed by atoms with Crippen LogP contribution in [0.15, 0.2) is 18.2 Å². The van der Waals surface area contributed by atoms with Crippen LogP contribution in [0.1, 0.15) is 18.1 Å². The molecule has 18 heavy (non-hydrogen) atoms. The van der Waals surface area contributed by atoms with Gasteiger partial charge in [0.1, 0.15) is 11.8 Å². The Labute approximate surface area is 106 Å². The number of hydrogen-bond donors (Lipinski definition) is 2.